The number of rotatable bonds is 3. The molecule has 1 N–H and O–H groups in total. The smallest absolute Gasteiger partial charge is 0.258 e. The first-order chi connectivity index (χ1) is 9.11. The molecule has 0 bridgehead atoms. The van der Waals surface area contributed by atoms with Crippen LogP contribution in [0.15, 0.2) is 48.2 Å². The zero-order valence-corrected chi connectivity index (χ0v) is 10.5. The van der Waals surface area contributed by atoms with Crippen LogP contribution in [0.3, 0.4) is 0 Å². The van der Waals surface area contributed by atoms with Crippen LogP contribution in [0.4, 0.5) is 0 Å². The second-order valence-corrected chi connectivity index (χ2v) is 4.22. The molecular formula is C14H14N2O3. The molecule has 1 unspecified atom stereocenters. The number of imide groups is 1. The van der Waals surface area contributed by atoms with Crippen molar-refractivity contribution in [3.63, 3.8) is 0 Å². The minimum absolute atomic E-state index is 0.0468. The van der Waals surface area contributed by atoms with Crippen molar-refractivity contribution in [1.82, 2.24) is 10.2 Å². The van der Waals surface area contributed by atoms with Gasteiger partial charge in [0.15, 0.2) is 0 Å². The van der Waals surface area contributed by atoms with Crippen molar-refractivity contribution in [2.75, 3.05) is 7.05 Å². The van der Waals surface area contributed by atoms with Gasteiger partial charge in [0.05, 0.1) is 5.70 Å². The molecule has 1 aliphatic carbocycles. The highest BCUT2D eigenvalue weighted by Gasteiger charge is 2.26. The Balaban J connectivity index is 2.11. The van der Waals surface area contributed by atoms with E-state index in [1.165, 1.54) is 12.2 Å². The van der Waals surface area contributed by atoms with E-state index in [9.17, 15) is 14.4 Å². The van der Waals surface area contributed by atoms with Crippen LogP contribution in [0.2, 0.25) is 0 Å². The summed E-state index contributed by atoms with van der Waals surface area (Å²) in [4.78, 5) is 35.5. The molecule has 0 radical (unpaired) electrons. The van der Waals surface area contributed by atoms with E-state index in [4.69, 9.17) is 0 Å². The van der Waals surface area contributed by atoms with Crippen LogP contribution in [0.5, 0.6) is 0 Å². The lowest BCUT2D eigenvalue weighted by Crippen LogP contribution is -2.28. The van der Waals surface area contributed by atoms with Gasteiger partial charge in [-0.1, -0.05) is 18.2 Å². The molecule has 2 aliphatic rings. The van der Waals surface area contributed by atoms with Crippen molar-refractivity contribution < 1.29 is 14.4 Å². The van der Waals surface area contributed by atoms with Crippen molar-refractivity contribution in [3.05, 3.63) is 48.2 Å². The molecule has 5 nitrogen and oxygen atoms in total. The second kappa shape index (κ2) is 5.48. The molecule has 98 valence electrons. The minimum Gasteiger partial charge on any atom is -0.359 e. The molecule has 1 heterocycles. The number of nitrogens with zero attached hydrogens (tertiary/aromatic N) is 1. The molecule has 0 aromatic rings. The Morgan fingerprint density at radius 2 is 1.89 bits per heavy atom. The van der Waals surface area contributed by atoms with Crippen LogP contribution in [-0.2, 0) is 14.4 Å². The lowest BCUT2D eigenvalue weighted by Gasteiger charge is -2.14. The van der Waals surface area contributed by atoms with Crippen LogP contribution < -0.4 is 5.32 Å². The summed E-state index contributed by atoms with van der Waals surface area (Å²) in [7, 11) is 1.59. The van der Waals surface area contributed by atoms with Gasteiger partial charge in [0.25, 0.3) is 11.8 Å². The summed E-state index contributed by atoms with van der Waals surface area (Å²) in [6.07, 6.45) is 11.6. The predicted molar refractivity (Wildman–Crippen MR) is 69.5 cm³/mol. The summed E-state index contributed by atoms with van der Waals surface area (Å²) in [6, 6.07) is 0. The van der Waals surface area contributed by atoms with Crippen molar-refractivity contribution in [1.29, 1.82) is 0 Å². The first kappa shape index (κ1) is 13.0. The fourth-order valence-corrected chi connectivity index (χ4v) is 1.89. The molecule has 0 aromatic carbocycles. The molecule has 0 aromatic heterocycles. The molecule has 0 spiro atoms. The highest BCUT2D eigenvalue weighted by molar-refractivity contribution is 6.14. The van der Waals surface area contributed by atoms with E-state index in [2.05, 4.69) is 5.32 Å². The van der Waals surface area contributed by atoms with E-state index in [0.29, 0.717) is 12.1 Å². The Morgan fingerprint density at radius 1 is 1.21 bits per heavy atom. The van der Waals surface area contributed by atoms with E-state index in [0.717, 1.165) is 4.90 Å². The normalized spacial score (nSPS) is 21.6. The number of allylic oxidation sites excluding steroid dienone is 5. The SMILES string of the molecule is CNC(=O)CC1C=CC=C(N2C(=O)C=CC2=O)C=C1. The Hall–Kier alpha value is -2.43. The lowest BCUT2D eigenvalue weighted by molar-refractivity contribution is -0.134. The third-order valence-electron chi connectivity index (χ3n) is 2.91. The van der Waals surface area contributed by atoms with Gasteiger partial charge in [-0.05, 0) is 12.2 Å². The van der Waals surface area contributed by atoms with Gasteiger partial charge >= 0.3 is 0 Å². The summed E-state index contributed by atoms with van der Waals surface area (Å²) in [5.74, 6) is -0.801. The zero-order chi connectivity index (χ0) is 13.8. The molecule has 19 heavy (non-hydrogen) atoms. The molecule has 1 atom stereocenters. The Bertz CT molecular complexity index is 523. The van der Waals surface area contributed by atoms with E-state index in [1.807, 2.05) is 12.2 Å². The highest BCUT2D eigenvalue weighted by atomic mass is 16.2. The predicted octanol–water partition coefficient (Wildman–Crippen LogP) is 0.674. The van der Waals surface area contributed by atoms with E-state index < -0.39 is 0 Å². The Labute approximate surface area is 111 Å². The molecule has 2 rings (SSSR count). The first-order valence-corrected chi connectivity index (χ1v) is 5.95. The number of carbonyl (C=O) groups excluding carboxylic acids is 3. The molecule has 0 fully saturated rings. The summed E-state index contributed by atoms with van der Waals surface area (Å²) in [6.45, 7) is 0. The number of nitrogens with one attached hydrogen (secondary N) is 1. The fraction of sp³-hybridized carbons (Fsp3) is 0.214. The topological polar surface area (TPSA) is 66.5 Å². The lowest BCUT2D eigenvalue weighted by atomic mass is 10.0. The van der Waals surface area contributed by atoms with E-state index in [1.54, 1.807) is 25.3 Å². The summed E-state index contributed by atoms with van der Waals surface area (Å²) >= 11 is 0. The second-order valence-electron chi connectivity index (χ2n) is 4.22. The van der Waals surface area contributed by atoms with Gasteiger partial charge in [-0.15, -0.1) is 0 Å². The van der Waals surface area contributed by atoms with Crippen LogP contribution >= 0.6 is 0 Å². The van der Waals surface area contributed by atoms with Crippen molar-refractivity contribution in [2.24, 2.45) is 5.92 Å². The van der Waals surface area contributed by atoms with Crippen LogP contribution in [0.1, 0.15) is 6.42 Å². The van der Waals surface area contributed by atoms with Crippen molar-refractivity contribution >= 4 is 17.7 Å². The Morgan fingerprint density at radius 3 is 2.53 bits per heavy atom. The summed E-state index contributed by atoms with van der Waals surface area (Å²) in [5, 5.41) is 2.56. The van der Waals surface area contributed by atoms with Gasteiger partial charge in [0.1, 0.15) is 0 Å². The van der Waals surface area contributed by atoms with Gasteiger partial charge in [0.2, 0.25) is 5.91 Å². The standard InChI is InChI=1S/C14H14N2O3/c1-15-12(17)9-10-3-2-4-11(6-5-10)16-13(18)7-8-14(16)19/h2-8,10H,9H2,1H3,(H,15,17). The van der Waals surface area contributed by atoms with Gasteiger partial charge in [-0.3, -0.25) is 14.4 Å². The van der Waals surface area contributed by atoms with Crippen LogP contribution in [-0.4, -0.2) is 29.7 Å². The third kappa shape index (κ3) is 2.88. The monoisotopic (exact) mass is 258 g/mol. The van der Waals surface area contributed by atoms with Gasteiger partial charge in [0, 0.05) is 31.5 Å². The van der Waals surface area contributed by atoms with Gasteiger partial charge < -0.3 is 5.32 Å². The van der Waals surface area contributed by atoms with Crippen LogP contribution in [0, 0.1) is 5.92 Å². The van der Waals surface area contributed by atoms with Gasteiger partial charge in [-0.2, -0.15) is 0 Å². The quantitative estimate of drug-likeness (QED) is 0.757. The van der Waals surface area contributed by atoms with Crippen molar-refractivity contribution in [2.45, 2.75) is 6.42 Å². The molecular weight excluding hydrogens is 244 g/mol. The average molecular weight is 258 g/mol. The van der Waals surface area contributed by atoms with E-state index >= 15 is 0 Å². The average Bonchev–Trinajstić information content (AvgIpc) is 2.61. The minimum atomic E-state index is -0.348. The summed E-state index contributed by atoms with van der Waals surface area (Å²) in [5.41, 5.74) is 0.510. The highest BCUT2D eigenvalue weighted by Crippen LogP contribution is 2.19. The largest absolute Gasteiger partial charge is 0.359 e. The molecule has 0 saturated carbocycles. The van der Waals surface area contributed by atoms with Crippen molar-refractivity contribution in [3.8, 4) is 0 Å². The number of hydrogen-bond donors (Lipinski definition) is 1. The molecule has 3 amide bonds. The molecule has 5 heteroatoms. The number of carbonyl (C=O) groups is 3. The molecule has 1 aliphatic heterocycles. The molecule has 0 saturated heterocycles. The number of hydrogen-bond acceptors (Lipinski definition) is 3. The van der Waals surface area contributed by atoms with E-state index in [-0.39, 0.29) is 23.6 Å². The third-order valence-corrected chi connectivity index (χ3v) is 2.91. The maximum Gasteiger partial charge on any atom is 0.258 e. The first-order valence-electron chi connectivity index (χ1n) is 5.95. The summed E-state index contributed by atoms with van der Waals surface area (Å²) < 4.78 is 0. The zero-order valence-electron chi connectivity index (χ0n) is 10.5. The van der Waals surface area contributed by atoms with Crippen LogP contribution in [0.25, 0.3) is 0 Å². The number of amides is 3. The van der Waals surface area contributed by atoms with Gasteiger partial charge in [-0.25, -0.2) is 4.90 Å². The maximum atomic E-state index is 11.6. The maximum absolute atomic E-state index is 11.6. The fourth-order valence-electron chi connectivity index (χ4n) is 1.89. The Kier molecular flexibility index (Phi) is 3.75.